The lowest BCUT2D eigenvalue weighted by atomic mass is 9.96. The fraction of sp³-hybridized carbons (Fsp3) is 0.278. The first-order valence-electron chi connectivity index (χ1n) is 7.69. The fourth-order valence-electron chi connectivity index (χ4n) is 2.05. The first kappa shape index (κ1) is 17.6. The summed E-state index contributed by atoms with van der Waals surface area (Å²) in [6.45, 7) is 0.783. The number of nitro groups is 1. The van der Waals surface area contributed by atoms with Gasteiger partial charge >= 0.3 is 5.97 Å². The second kappa shape index (κ2) is 8.79. The molecular weight excluding hydrogens is 310 g/mol. The number of ether oxygens (including phenoxy) is 1. The zero-order valence-corrected chi connectivity index (χ0v) is 13.1. The van der Waals surface area contributed by atoms with E-state index < -0.39 is 10.9 Å². The van der Waals surface area contributed by atoms with Crippen molar-refractivity contribution in [2.45, 2.75) is 32.0 Å². The Morgan fingerprint density at radius 1 is 1.12 bits per heavy atom. The number of nitro benzene ring substituents is 1. The normalized spacial score (nSPS) is 13.3. The number of benzene rings is 2. The van der Waals surface area contributed by atoms with E-state index in [-0.39, 0.29) is 11.3 Å². The predicted molar refractivity (Wildman–Crippen MR) is 88.9 cm³/mol. The van der Waals surface area contributed by atoms with Crippen LogP contribution >= 0.6 is 0 Å². The van der Waals surface area contributed by atoms with E-state index in [0.29, 0.717) is 6.10 Å². The van der Waals surface area contributed by atoms with Gasteiger partial charge in [-0.1, -0.05) is 30.3 Å². The molecule has 1 saturated carbocycles. The Hall–Kier alpha value is -2.73. The summed E-state index contributed by atoms with van der Waals surface area (Å²) in [5, 5.41) is 18.6. The van der Waals surface area contributed by atoms with Gasteiger partial charge in [0.15, 0.2) is 0 Å². The molecule has 126 valence electrons. The van der Waals surface area contributed by atoms with E-state index in [4.69, 9.17) is 9.84 Å². The van der Waals surface area contributed by atoms with Crippen molar-refractivity contribution in [3.8, 4) is 0 Å². The largest absolute Gasteiger partial charge is 0.478 e. The molecule has 3 rings (SSSR count). The molecule has 0 amide bonds. The summed E-state index contributed by atoms with van der Waals surface area (Å²) in [6, 6.07) is 15.1. The van der Waals surface area contributed by atoms with E-state index in [9.17, 15) is 14.9 Å². The molecule has 1 fully saturated rings. The van der Waals surface area contributed by atoms with Gasteiger partial charge in [-0.25, -0.2) is 4.79 Å². The van der Waals surface area contributed by atoms with Gasteiger partial charge in [0.25, 0.3) is 5.69 Å². The molecule has 2 aromatic rings. The number of hydrogen-bond acceptors (Lipinski definition) is 4. The number of carboxylic acids is 1. The third-order valence-electron chi connectivity index (χ3n) is 3.71. The van der Waals surface area contributed by atoms with Gasteiger partial charge in [-0.2, -0.15) is 0 Å². The van der Waals surface area contributed by atoms with Crippen LogP contribution in [0.4, 0.5) is 5.69 Å². The SMILES string of the molecule is O=C(O)c1ccc([N+](=O)[O-])cc1.c1ccc(COC2CCC2)cc1. The molecule has 0 radical (unpaired) electrons. The van der Waals surface area contributed by atoms with Crippen molar-refractivity contribution in [2.75, 3.05) is 0 Å². The molecule has 0 atom stereocenters. The molecule has 0 spiro atoms. The van der Waals surface area contributed by atoms with E-state index in [2.05, 4.69) is 24.3 Å². The molecule has 1 N–H and O–H groups in total. The van der Waals surface area contributed by atoms with E-state index in [1.54, 1.807) is 0 Å². The Bertz CT molecular complexity index is 633. The molecular formula is C18H19NO5. The number of nitrogens with zero attached hydrogens (tertiary/aromatic N) is 1. The first-order valence-corrected chi connectivity index (χ1v) is 7.69. The predicted octanol–water partition coefficient (Wildman–Crippen LogP) is 4.05. The van der Waals surface area contributed by atoms with Crippen molar-refractivity contribution >= 4 is 11.7 Å². The van der Waals surface area contributed by atoms with Gasteiger partial charge in [0.1, 0.15) is 0 Å². The highest BCUT2D eigenvalue weighted by atomic mass is 16.6. The highest BCUT2D eigenvalue weighted by Gasteiger charge is 2.17. The lowest BCUT2D eigenvalue weighted by Crippen LogP contribution is -2.21. The maximum Gasteiger partial charge on any atom is 0.335 e. The fourth-order valence-corrected chi connectivity index (χ4v) is 2.05. The summed E-state index contributed by atoms with van der Waals surface area (Å²) in [5.74, 6) is -1.09. The van der Waals surface area contributed by atoms with Gasteiger partial charge in [0.2, 0.25) is 0 Å². The van der Waals surface area contributed by atoms with Crippen LogP contribution in [0.1, 0.15) is 35.2 Å². The molecule has 6 heteroatoms. The monoisotopic (exact) mass is 329 g/mol. The van der Waals surface area contributed by atoms with Gasteiger partial charge in [0, 0.05) is 12.1 Å². The average molecular weight is 329 g/mol. The second-order valence-corrected chi connectivity index (χ2v) is 5.46. The van der Waals surface area contributed by atoms with Crippen molar-refractivity contribution in [1.82, 2.24) is 0 Å². The van der Waals surface area contributed by atoms with Gasteiger partial charge < -0.3 is 9.84 Å². The number of carbonyl (C=O) groups is 1. The molecule has 24 heavy (non-hydrogen) atoms. The lowest BCUT2D eigenvalue weighted by Gasteiger charge is -2.25. The summed E-state index contributed by atoms with van der Waals surface area (Å²) >= 11 is 0. The van der Waals surface area contributed by atoms with Crippen LogP contribution in [0.3, 0.4) is 0 Å². The Labute approximate surface area is 139 Å². The summed E-state index contributed by atoms with van der Waals surface area (Å²) in [7, 11) is 0. The van der Waals surface area contributed by atoms with E-state index in [1.807, 2.05) is 6.07 Å². The number of carboxylic acid groups (broad SMARTS) is 1. The summed E-state index contributed by atoms with van der Waals surface area (Å²) < 4.78 is 5.66. The standard InChI is InChI=1S/C11H14O.C7H5NO4/c1-2-5-10(6-3-1)9-12-11-7-4-8-11;9-7(10)5-1-3-6(4-2-5)8(11)12/h1-3,5-6,11H,4,7-9H2;1-4H,(H,9,10). The van der Waals surface area contributed by atoms with Gasteiger partial charge in [-0.3, -0.25) is 10.1 Å². The van der Waals surface area contributed by atoms with Crippen molar-refractivity contribution < 1.29 is 19.6 Å². The number of aromatic carboxylic acids is 1. The van der Waals surface area contributed by atoms with Crippen molar-refractivity contribution in [1.29, 1.82) is 0 Å². The molecule has 0 aliphatic heterocycles. The second-order valence-electron chi connectivity index (χ2n) is 5.46. The molecule has 0 saturated heterocycles. The van der Waals surface area contributed by atoms with Gasteiger partial charge in [-0.15, -0.1) is 0 Å². The zero-order valence-electron chi connectivity index (χ0n) is 13.1. The molecule has 6 nitrogen and oxygen atoms in total. The van der Waals surface area contributed by atoms with Crippen LogP contribution in [-0.2, 0) is 11.3 Å². The molecule has 2 aromatic carbocycles. The summed E-state index contributed by atoms with van der Waals surface area (Å²) in [5.41, 5.74) is 1.21. The Morgan fingerprint density at radius 3 is 2.21 bits per heavy atom. The van der Waals surface area contributed by atoms with Crippen LogP contribution in [0.25, 0.3) is 0 Å². The summed E-state index contributed by atoms with van der Waals surface area (Å²) in [6.07, 6.45) is 4.41. The zero-order chi connectivity index (χ0) is 17.4. The minimum absolute atomic E-state index is 0.0422. The molecule has 0 aromatic heterocycles. The maximum absolute atomic E-state index is 10.3. The molecule has 0 unspecified atom stereocenters. The van der Waals surface area contributed by atoms with Crippen LogP contribution < -0.4 is 0 Å². The number of non-ortho nitro benzene ring substituents is 1. The highest BCUT2D eigenvalue weighted by molar-refractivity contribution is 5.87. The quantitative estimate of drug-likeness (QED) is 0.660. The van der Waals surface area contributed by atoms with E-state index in [1.165, 1.54) is 37.0 Å². The van der Waals surface area contributed by atoms with Crippen molar-refractivity contribution in [3.05, 3.63) is 75.8 Å². The van der Waals surface area contributed by atoms with Gasteiger partial charge in [-0.05, 0) is 37.0 Å². The number of hydrogen-bond donors (Lipinski definition) is 1. The van der Waals surface area contributed by atoms with Crippen LogP contribution in [-0.4, -0.2) is 22.1 Å². The first-order chi connectivity index (χ1) is 11.6. The Morgan fingerprint density at radius 2 is 1.75 bits per heavy atom. The maximum atomic E-state index is 10.3. The van der Waals surface area contributed by atoms with E-state index in [0.717, 1.165) is 18.7 Å². The van der Waals surface area contributed by atoms with E-state index >= 15 is 0 Å². The molecule has 0 heterocycles. The van der Waals surface area contributed by atoms with Crippen LogP contribution in [0.5, 0.6) is 0 Å². The molecule has 1 aliphatic carbocycles. The van der Waals surface area contributed by atoms with Crippen LogP contribution in [0.2, 0.25) is 0 Å². The number of rotatable bonds is 5. The topological polar surface area (TPSA) is 89.7 Å². The van der Waals surface area contributed by atoms with Crippen LogP contribution in [0, 0.1) is 10.1 Å². The minimum atomic E-state index is -1.09. The van der Waals surface area contributed by atoms with Gasteiger partial charge in [0.05, 0.1) is 23.2 Å². The third-order valence-corrected chi connectivity index (χ3v) is 3.71. The average Bonchev–Trinajstić information content (AvgIpc) is 2.55. The minimum Gasteiger partial charge on any atom is -0.478 e. The Kier molecular flexibility index (Phi) is 6.45. The third kappa shape index (κ3) is 5.48. The molecule has 1 aliphatic rings. The summed E-state index contributed by atoms with van der Waals surface area (Å²) in [4.78, 5) is 19.9. The molecule has 0 bridgehead atoms. The smallest absolute Gasteiger partial charge is 0.335 e. The lowest BCUT2D eigenvalue weighted by molar-refractivity contribution is -0.384. The van der Waals surface area contributed by atoms with Crippen LogP contribution in [0.15, 0.2) is 54.6 Å². The van der Waals surface area contributed by atoms with Crippen molar-refractivity contribution in [2.24, 2.45) is 0 Å². The Balaban J connectivity index is 0.000000174. The highest BCUT2D eigenvalue weighted by Crippen LogP contribution is 2.22. The van der Waals surface area contributed by atoms with Crippen molar-refractivity contribution in [3.63, 3.8) is 0 Å².